The first-order valence-electron chi connectivity index (χ1n) is 10.5. The van der Waals surface area contributed by atoms with Crippen molar-refractivity contribution in [1.82, 2.24) is 15.0 Å². The highest BCUT2D eigenvalue weighted by molar-refractivity contribution is 5.95. The summed E-state index contributed by atoms with van der Waals surface area (Å²) in [6, 6.07) is 4.97. The minimum atomic E-state index is -4.39. The number of alkyl halides is 3. The molecule has 0 aliphatic rings. The molecule has 3 aromatic rings. The number of hydrogen-bond acceptors (Lipinski definition) is 6. The smallest absolute Gasteiger partial charge is 0.415 e. The lowest BCUT2D eigenvalue weighted by Gasteiger charge is -2.24. The van der Waals surface area contributed by atoms with E-state index in [-0.39, 0.29) is 5.69 Å². The number of anilines is 1. The van der Waals surface area contributed by atoms with Crippen molar-refractivity contribution in [2.24, 2.45) is 0 Å². The molecule has 0 atom stereocenters. The van der Waals surface area contributed by atoms with Crippen molar-refractivity contribution in [2.45, 2.75) is 52.3 Å². The number of amides is 1. The number of carbonyl (C=O) groups excluding carboxylic acids is 2. The van der Waals surface area contributed by atoms with Crippen molar-refractivity contribution in [2.75, 3.05) is 11.9 Å². The average Bonchev–Trinajstić information content (AvgIpc) is 2.74. The fraction of sp³-hybridized carbons (Fsp3) is 0.375. The first-order valence-corrected chi connectivity index (χ1v) is 10.5. The predicted molar refractivity (Wildman–Crippen MR) is 122 cm³/mol. The van der Waals surface area contributed by atoms with Crippen molar-refractivity contribution in [3.63, 3.8) is 0 Å². The van der Waals surface area contributed by atoms with Gasteiger partial charge in [0.2, 0.25) is 0 Å². The molecular weight excluding hydrogens is 449 g/mol. The third kappa shape index (κ3) is 6.27. The normalized spacial score (nSPS) is 12.0. The summed E-state index contributed by atoms with van der Waals surface area (Å²) in [5.41, 5.74) is 1.23. The van der Waals surface area contributed by atoms with Gasteiger partial charge in [0.1, 0.15) is 17.1 Å². The van der Waals surface area contributed by atoms with E-state index in [4.69, 9.17) is 4.74 Å². The molecule has 0 saturated heterocycles. The van der Waals surface area contributed by atoms with E-state index in [9.17, 15) is 22.8 Å². The molecule has 0 aliphatic carbocycles. The predicted octanol–water partition coefficient (Wildman–Crippen LogP) is 5.90. The molecule has 0 aliphatic heterocycles. The summed E-state index contributed by atoms with van der Waals surface area (Å²) < 4.78 is 42.5. The summed E-state index contributed by atoms with van der Waals surface area (Å²) in [6.07, 6.45) is -2.09. The Morgan fingerprint density at radius 3 is 2.24 bits per heavy atom. The number of fused-ring (bicyclic) bond motifs is 1. The van der Waals surface area contributed by atoms with E-state index in [1.165, 1.54) is 17.2 Å². The number of ether oxygens (including phenoxy) is 1. The summed E-state index contributed by atoms with van der Waals surface area (Å²) in [6.45, 7) is 7.07. The van der Waals surface area contributed by atoms with Gasteiger partial charge in [-0.1, -0.05) is 0 Å². The van der Waals surface area contributed by atoms with Crippen LogP contribution in [0.5, 0.6) is 0 Å². The van der Waals surface area contributed by atoms with Gasteiger partial charge in [-0.15, -0.1) is 0 Å². The Bertz CT molecular complexity index is 1240. The molecule has 0 fully saturated rings. The van der Waals surface area contributed by atoms with Gasteiger partial charge < -0.3 is 4.74 Å². The number of hydrogen-bond donors (Lipinski definition) is 0. The second-order valence-electron chi connectivity index (χ2n) is 8.92. The van der Waals surface area contributed by atoms with Crippen LogP contribution in [0.1, 0.15) is 49.7 Å². The molecule has 0 N–H and O–H groups in total. The van der Waals surface area contributed by atoms with Crippen LogP contribution >= 0.6 is 0 Å². The fourth-order valence-corrected chi connectivity index (χ4v) is 3.14. The fourth-order valence-electron chi connectivity index (χ4n) is 3.14. The van der Waals surface area contributed by atoms with E-state index in [0.717, 1.165) is 10.8 Å². The van der Waals surface area contributed by atoms with Crippen LogP contribution < -0.4 is 4.90 Å². The third-order valence-corrected chi connectivity index (χ3v) is 4.91. The molecule has 0 radical (unpaired) electrons. The maximum Gasteiger partial charge on any atom is 0.415 e. The van der Waals surface area contributed by atoms with E-state index >= 15 is 0 Å². The summed E-state index contributed by atoms with van der Waals surface area (Å²) in [4.78, 5) is 38.5. The number of Topliss-reactive ketones (excluding diaryl/α,β-unsaturated/α-hetero) is 1. The first kappa shape index (κ1) is 25.1. The molecule has 180 valence electrons. The largest absolute Gasteiger partial charge is 0.443 e. The second-order valence-corrected chi connectivity index (χ2v) is 8.92. The molecule has 3 heterocycles. The topological polar surface area (TPSA) is 85.3 Å². The lowest BCUT2D eigenvalue weighted by molar-refractivity contribution is -0.133. The van der Waals surface area contributed by atoms with Crippen LogP contribution in [-0.4, -0.2) is 45.7 Å². The lowest BCUT2D eigenvalue weighted by Crippen LogP contribution is -2.34. The maximum atomic E-state index is 12.4. The van der Waals surface area contributed by atoms with Crippen LogP contribution in [0.25, 0.3) is 22.0 Å². The molecule has 0 bridgehead atoms. The molecule has 1 amide bonds. The van der Waals surface area contributed by atoms with Crippen LogP contribution in [0.4, 0.5) is 23.8 Å². The summed E-state index contributed by atoms with van der Waals surface area (Å²) in [5, 5.41) is 1.50. The molecule has 0 unspecified atom stereocenters. The van der Waals surface area contributed by atoms with Gasteiger partial charge in [0.15, 0.2) is 5.78 Å². The van der Waals surface area contributed by atoms with E-state index in [2.05, 4.69) is 15.0 Å². The molecule has 3 aromatic heterocycles. The average molecular weight is 474 g/mol. The Labute approximate surface area is 195 Å². The lowest BCUT2D eigenvalue weighted by atomic mass is 10.0. The molecule has 0 saturated carbocycles. The van der Waals surface area contributed by atoms with Gasteiger partial charge in [0, 0.05) is 48.4 Å². The Hall–Kier alpha value is -3.56. The number of aryl methyl sites for hydroxylation is 1. The first-order chi connectivity index (χ1) is 15.7. The van der Waals surface area contributed by atoms with Gasteiger partial charge in [-0.25, -0.2) is 9.78 Å². The summed E-state index contributed by atoms with van der Waals surface area (Å²) in [7, 11) is 1.57. The molecule has 34 heavy (non-hydrogen) atoms. The van der Waals surface area contributed by atoms with E-state index in [1.54, 1.807) is 59.3 Å². The standard InChI is InChI=1S/C24H25F3N4O3/c1-14-8-19(20(32)6-7-24(25,26)27)29-13-17(14)18-9-15-12-30-21(10-16(15)11-28-18)31(5)22(33)34-23(2,3)4/h8-13H,6-7H2,1-5H3. The number of rotatable bonds is 5. The second kappa shape index (κ2) is 9.36. The molecule has 7 nitrogen and oxygen atoms in total. The Kier molecular flexibility index (Phi) is 6.90. The minimum absolute atomic E-state index is 0.0113. The van der Waals surface area contributed by atoms with Crippen molar-refractivity contribution < 1.29 is 27.5 Å². The van der Waals surface area contributed by atoms with Gasteiger partial charge in [-0.2, -0.15) is 13.2 Å². The van der Waals surface area contributed by atoms with Gasteiger partial charge in [0.05, 0.1) is 12.1 Å². The third-order valence-electron chi connectivity index (χ3n) is 4.91. The number of pyridine rings is 3. The monoisotopic (exact) mass is 474 g/mol. The number of carbonyl (C=O) groups is 2. The number of nitrogens with zero attached hydrogens (tertiary/aromatic N) is 4. The zero-order valence-corrected chi connectivity index (χ0v) is 19.5. The highest BCUT2D eigenvalue weighted by Gasteiger charge is 2.28. The van der Waals surface area contributed by atoms with Crippen molar-refractivity contribution >= 4 is 28.5 Å². The van der Waals surface area contributed by atoms with Crippen molar-refractivity contribution in [3.05, 3.63) is 48.0 Å². The Balaban J connectivity index is 1.82. The van der Waals surface area contributed by atoms with Crippen molar-refractivity contribution in [3.8, 4) is 11.3 Å². The van der Waals surface area contributed by atoms with Crippen LogP contribution in [0.2, 0.25) is 0 Å². The number of aromatic nitrogens is 3. The zero-order chi connectivity index (χ0) is 25.3. The summed E-state index contributed by atoms with van der Waals surface area (Å²) in [5.74, 6) is -0.264. The van der Waals surface area contributed by atoms with E-state index in [0.29, 0.717) is 22.6 Å². The maximum absolute atomic E-state index is 12.4. The van der Waals surface area contributed by atoms with Crippen LogP contribution in [0.15, 0.2) is 36.8 Å². The molecule has 3 rings (SSSR count). The van der Waals surface area contributed by atoms with E-state index < -0.39 is 36.5 Å². The zero-order valence-electron chi connectivity index (χ0n) is 19.5. The molecule has 0 spiro atoms. The SMILES string of the molecule is Cc1cc(C(=O)CCC(F)(F)F)ncc1-c1cc2cnc(N(C)C(=O)OC(C)(C)C)cc2cn1. The quantitative estimate of drug-likeness (QED) is 0.428. The minimum Gasteiger partial charge on any atom is -0.443 e. The van der Waals surface area contributed by atoms with Crippen LogP contribution in [0, 0.1) is 6.92 Å². The molecule has 0 aromatic carbocycles. The van der Waals surface area contributed by atoms with E-state index in [1.807, 2.05) is 0 Å². The molecule has 10 heteroatoms. The Morgan fingerprint density at radius 2 is 1.62 bits per heavy atom. The van der Waals surface area contributed by atoms with Crippen molar-refractivity contribution in [1.29, 1.82) is 0 Å². The van der Waals surface area contributed by atoms with Gasteiger partial charge in [-0.05, 0) is 51.5 Å². The number of halogens is 3. The highest BCUT2D eigenvalue weighted by atomic mass is 19.4. The van der Waals surface area contributed by atoms with Gasteiger partial charge >= 0.3 is 12.3 Å². The Morgan fingerprint density at radius 1 is 0.971 bits per heavy atom. The highest BCUT2D eigenvalue weighted by Crippen LogP contribution is 2.27. The summed E-state index contributed by atoms with van der Waals surface area (Å²) >= 11 is 0. The van der Waals surface area contributed by atoms with Gasteiger partial charge in [0.25, 0.3) is 0 Å². The van der Waals surface area contributed by atoms with Crippen LogP contribution in [-0.2, 0) is 4.74 Å². The van der Waals surface area contributed by atoms with Gasteiger partial charge in [-0.3, -0.25) is 19.7 Å². The molecular formula is C24H25F3N4O3. The van der Waals surface area contributed by atoms with Crippen LogP contribution in [0.3, 0.4) is 0 Å². The number of ketones is 1.